The monoisotopic (exact) mass is 317 g/mol. The summed E-state index contributed by atoms with van der Waals surface area (Å²) in [5, 5.41) is 12.2. The van der Waals surface area contributed by atoms with Gasteiger partial charge in [-0.25, -0.2) is 0 Å². The maximum atomic E-state index is 12.2. The number of aliphatic hydroxyl groups is 1. The van der Waals surface area contributed by atoms with Gasteiger partial charge in [0.2, 0.25) is 0 Å². The summed E-state index contributed by atoms with van der Waals surface area (Å²) in [5.41, 5.74) is 4.99. The van der Waals surface area contributed by atoms with Crippen LogP contribution in [0.2, 0.25) is 0 Å². The highest BCUT2D eigenvalue weighted by Crippen LogP contribution is 2.09. The number of unbranched alkanes of at least 4 members (excludes halogenated alkanes) is 3. The molecule has 0 aliphatic carbocycles. The van der Waals surface area contributed by atoms with Gasteiger partial charge in [-0.1, -0.05) is 12.8 Å². The van der Waals surface area contributed by atoms with E-state index in [9.17, 15) is 9.90 Å². The van der Waals surface area contributed by atoms with Crippen LogP contribution in [0.3, 0.4) is 0 Å². The summed E-state index contributed by atoms with van der Waals surface area (Å²) in [5.74, 6) is -0.249. The summed E-state index contributed by atoms with van der Waals surface area (Å²) in [7, 11) is 1.76. The zero-order valence-electron chi connectivity index (χ0n) is 14.7. The zero-order valence-corrected chi connectivity index (χ0v) is 14.7. The molecule has 0 fully saturated rings. The lowest BCUT2D eigenvalue weighted by atomic mass is 10.1. The lowest BCUT2D eigenvalue weighted by Gasteiger charge is -2.28. The number of ether oxygens (including phenoxy) is 1. The molecule has 0 spiro atoms. The molecular weight excluding hydrogens is 282 g/mol. The first kappa shape index (κ1) is 21.3. The number of nitrogens with one attached hydrogen (secondary N) is 1. The average molecular weight is 317 g/mol. The van der Waals surface area contributed by atoms with Crippen LogP contribution in [0.4, 0.5) is 0 Å². The molecule has 1 atom stereocenters. The molecule has 4 N–H and O–H groups in total. The van der Waals surface area contributed by atoms with Crippen LogP contribution in [0.5, 0.6) is 0 Å². The van der Waals surface area contributed by atoms with Crippen LogP contribution in [-0.4, -0.2) is 67.5 Å². The molecule has 6 heteroatoms. The Morgan fingerprint density at radius 3 is 2.36 bits per heavy atom. The Bertz CT molecular complexity index is 293. The van der Waals surface area contributed by atoms with Gasteiger partial charge in [-0.3, -0.25) is 9.69 Å². The van der Waals surface area contributed by atoms with Crippen LogP contribution < -0.4 is 11.1 Å². The van der Waals surface area contributed by atoms with Crippen molar-refractivity contribution >= 4 is 5.97 Å². The van der Waals surface area contributed by atoms with E-state index in [1.807, 2.05) is 20.8 Å². The van der Waals surface area contributed by atoms with Crippen molar-refractivity contribution in [1.82, 2.24) is 10.2 Å². The highest BCUT2D eigenvalue weighted by molar-refractivity contribution is 5.76. The number of rotatable bonds is 12. The smallest absolute Gasteiger partial charge is 0.324 e. The minimum atomic E-state index is -0.490. The molecular formula is C16H35N3O3. The fourth-order valence-electron chi connectivity index (χ4n) is 2.18. The number of nitrogens with zero attached hydrogens (tertiary/aromatic N) is 1. The molecule has 0 saturated carbocycles. The van der Waals surface area contributed by atoms with Crippen LogP contribution in [0.15, 0.2) is 0 Å². The average Bonchev–Trinajstić information content (AvgIpc) is 2.42. The van der Waals surface area contributed by atoms with E-state index in [-0.39, 0.29) is 18.6 Å². The lowest BCUT2D eigenvalue weighted by Crippen LogP contribution is -2.48. The molecule has 22 heavy (non-hydrogen) atoms. The number of carbonyl (C=O) groups is 1. The van der Waals surface area contributed by atoms with E-state index in [1.54, 1.807) is 7.05 Å². The van der Waals surface area contributed by atoms with Gasteiger partial charge in [0.15, 0.2) is 0 Å². The van der Waals surface area contributed by atoms with E-state index in [4.69, 9.17) is 10.5 Å². The Kier molecular flexibility index (Phi) is 11.5. The molecule has 0 aromatic carbocycles. The minimum Gasteiger partial charge on any atom is -0.459 e. The van der Waals surface area contributed by atoms with Gasteiger partial charge in [-0.05, 0) is 53.8 Å². The van der Waals surface area contributed by atoms with Crippen molar-refractivity contribution in [3.8, 4) is 0 Å². The highest BCUT2D eigenvalue weighted by atomic mass is 16.6. The van der Waals surface area contributed by atoms with Gasteiger partial charge in [-0.2, -0.15) is 0 Å². The third-order valence-electron chi connectivity index (χ3n) is 3.33. The van der Waals surface area contributed by atoms with Gasteiger partial charge in [0.1, 0.15) is 11.6 Å². The molecule has 0 amide bonds. The molecule has 6 nitrogen and oxygen atoms in total. The van der Waals surface area contributed by atoms with Gasteiger partial charge >= 0.3 is 5.97 Å². The van der Waals surface area contributed by atoms with Crippen LogP contribution >= 0.6 is 0 Å². The second kappa shape index (κ2) is 11.8. The number of hydrogen-bond acceptors (Lipinski definition) is 6. The Morgan fingerprint density at radius 1 is 1.23 bits per heavy atom. The number of carbonyl (C=O) groups excluding carboxylic acids is 1. The van der Waals surface area contributed by atoms with Gasteiger partial charge in [0, 0.05) is 13.1 Å². The first-order valence-electron chi connectivity index (χ1n) is 8.27. The van der Waals surface area contributed by atoms with Crippen molar-refractivity contribution in [3.63, 3.8) is 0 Å². The molecule has 0 saturated heterocycles. The Morgan fingerprint density at radius 2 is 1.86 bits per heavy atom. The van der Waals surface area contributed by atoms with E-state index in [0.717, 1.165) is 38.8 Å². The third kappa shape index (κ3) is 11.0. The predicted molar refractivity (Wildman–Crippen MR) is 89.7 cm³/mol. The van der Waals surface area contributed by atoms with E-state index in [1.165, 1.54) is 0 Å². The summed E-state index contributed by atoms with van der Waals surface area (Å²) in [6.07, 6.45) is 4.35. The number of esters is 1. The second-order valence-electron chi connectivity index (χ2n) is 6.60. The van der Waals surface area contributed by atoms with E-state index >= 15 is 0 Å². The molecule has 0 aromatic rings. The van der Waals surface area contributed by atoms with Crippen LogP contribution in [-0.2, 0) is 9.53 Å². The summed E-state index contributed by atoms with van der Waals surface area (Å²) >= 11 is 0. The number of nitrogens with two attached hydrogens (primary N) is 1. The molecule has 0 radical (unpaired) electrons. The molecule has 0 aliphatic heterocycles. The number of likely N-dealkylation sites (N-methyl/N-ethyl adjacent to an activating group) is 1. The summed E-state index contributed by atoms with van der Waals surface area (Å²) in [6.45, 7) is 8.39. The van der Waals surface area contributed by atoms with Gasteiger partial charge in [0.25, 0.3) is 0 Å². The zero-order chi connectivity index (χ0) is 17.0. The summed E-state index contributed by atoms with van der Waals surface area (Å²) < 4.78 is 5.42. The van der Waals surface area contributed by atoms with E-state index < -0.39 is 5.60 Å². The van der Waals surface area contributed by atoms with Crippen molar-refractivity contribution in [1.29, 1.82) is 0 Å². The maximum absolute atomic E-state index is 12.2. The lowest BCUT2D eigenvalue weighted by molar-refractivity contribution is -0.157. The Hall–Kier alpha value is -0.690. The Labute approximate surface area is 135 Å². The fourth-order valence-corrected chi connectivity index (χ4v) is 2.18. The van der Waals surface area contributed by atoms with Crippen molar-refractivity contribution in [2.24, 2.45) is 5.73 Å². The quantitative estimate of drug-likeness (QED) is 0.363. The predicted octanol–water partition coefficient (Wildman–Crippen LogP) is 0.730. The van der Waals surface area contributed by atoms with Gasteiger partial charge < -0.3 is 20.9 Å². The van der Waals surface area contributed by atoms with Crippen LogP contribution in [0, 0.1) is 0 Å². The molecule has 0 aromatic heterocycles. The standard InChI is InChI=1S/C16H35N3O3/c1-16(2,3)22-15(21)14(18-4)13-19(11-12-20)10-8-6-5-7-9-17/h14,18,20H,5-13,17H2,1-4H3. The van der Waals surface area contributed by atoms with Crippen LogP contribution in [0.25, 0.3) is 0 Å². The van der Waals surface area contributed by atoms with Crippen molar-refractivity contribution in [2.75, 3.05) is 39.8 Å². The number of hydrogen-bond donors (Lipinski definition) is 3. The molecule has 1 unspecified atom stereocenters. The number of aliphatic hydroxyl groups excluding tert-OH is 1. The van der Waals surface area contributed by atoms with Gasteiger partial charge in [-0.15, -0.1) is 0 Å². The summed E-state index contributed by atoms with van der Waals surface area (Å²) in [4.78, 5) is 14.3. The minimum absolute atomic E-state index is 0.0908. The SMILES string of the molecule is CNC(CN(CCO)CCCCCCN)C(=O)OC(C)(C)C. The highest BCUT2D eigenvalue weighted by Gasteiger charge is 2.25. The van der Waals surface area contributed by atoms with Crippen molar-refractivity contribution in [2.45, 2.75) is 58.1 Å². The van der Waals surface area contributed by atoms with Gasteiger partial charge in [0.05, 0.1) is 6.61 Å². The molecule has 0 heterocycles. The first-order chi connectivity index (χ1) is 10.3. The van der Waals surface area contributed by atoms with Crippen LogP contribution in [0.1, 0.15) is 46.5 Å². The third-order valence-corrected chi connectivity index (χ3v) is 3.33. The first-order valence-corrected chi connectivity index (χ1v) is 8.27. The second-order valence-corrected chi connectivity index (χ2v) is 6.60. The molecule has 0 aliphatic rings. The largest absolute Gasteiger partial charge is 0.459 e. The fraction of sp³-hybridized carbons (Fsp3) is 0.938. The summed E-state index contributed by atoms with van der Waals surface area (Å²) in [6, 6.07) is -0.380. The van der Waals surface area contributed by atoms with E-state index in [2.05, 4.69) is 10.2 Å². The maximum Gasteiger partial charge on any atom is 0.324 e. The molecule has 0 bridgehead atoms. The van der Waals surface area contributed by atoms with Crippen molar-refractivity contribution in [3.05, 3.63) is 0 Å². The Balaban J connectivity index is 4.33. The molecule has 132 valence electrons. The van der Waals surface area contributed by atoms with E-state index in [0.29, 0.717) is 13.1 Å². The topological polar surface area (TPSA) is 87.8 Å². The van der Waals surface area contributed by atoms with Crippen molar-refractivity contribution < 1.29 is 14.6 Å². The molecule has 0 rings (SSSR count). The normalized spacial score (nSPS) is 13.4.